The van der Waals surface area contributed by atoms with Gasteiger partial charge in [-0.05, 0) is 79.5 Å². The summed E-state index contributed by atoms with van der Waals surface area (Å²) in [6.07, 6.45) is 9.89. The lowest BCUT2D eigenvalue weighted by molar-refractivity contribution is -0.00925. The van der Waals surface area contributed by atoms with Crippen molar-refractivity contribution in [3.63, 3.8) is 0 Å². The Bertz CT molecular complexity index is 1150. The van der Waals surface area contributed by atoms with E-state index in [-0.39, 0.29) is 5.82 Å². The number of benzene rings is 3. The molecule has 34 heavy (non-hydrogen) atoms. The summed E-state index contributed by atoms with van der Waals surface area (Å²) in [5, 5.41) is 0. The normalized spacial score (nSPS) is 13.5. The molecule has 3 aromatic rings. The summed E-state index contributed by atoms with van der Waals surface area (Å²) in [4.78, 5) is 0. The Morgan fingerprint density at radius 2 is 1.76 bits per heavy atom. The number of hydrogen-bond donors (Lipinski definition) is 0. The van der Waals surface area contributed by atoms with Crippen LogP contribution in [0.1, 0.15) is 72.1 Å². The first-order chi connectivity index (χ1) is 16.2. The fraction of sp³-hybridized carbons (Fsp3) is 0.290. The Morgan fingerprint density at radius 3 is 2.38 bits per heavy atom. The van der Waals surface area contributed by atoms with Gasteiger partial charge < -0.3 is 0 Å². The summed E-state index contributed by atoms with van der Waals surface area (Å²) in [6.45, 7) is 6.85. The Hall–Kier alpha value is -3.07. The topological polar surface area (TPSA) is 0 Å². The van der Waals surface area contributed by atoms with Crippen molar-refractivity contribution >= 4 is 12.2 Å². The molecule has 1 aliphatic carbocycles. The van der Waals surface area contributed by atoms with E-state index in [1.54, 1.807) is 6.07 Å². The number of fused-ring (bicyclic) bond motifs is 1. The van der Waals surface area contributed by atoms with Gasteiger partial charge in [-0.15, -0.1) is 0 Å². The Kier molecular flexibility index (Phi) is 8.55. The number of rotatable bonds is 6. The molecular formula is C31H33F3. The van der Waals surface area contributed by atoms with E-state index in [0.717, 1.165) is 42.0 Å². The third kappa shape index (κ3) is 6.50. The van der Waals surface area contributed by atoms with Gasteiger partial charge in [-0.3, -0.25) is 0 Å². The van der Waals surface area contributed by atoms with Crippen LogP contribution in [0.2, 0.25) is 0 Å². The highest BCUT2D eigenvalue weighted by atomic mass is 19.3. The number of aryl methyl sites for hydroxylation is 1. The van der Waals surface area contributed by atoms with Crippen LogP contribution in [0, 0.1) is 12.7 Å². The lowest BCUT2D eigenvalue weighted by Crippen LogP contribution is -2.21. The summed E-state index contributed by atoms with van der Waals surface area (Å²) in [5.41, 5.74) is 7.23. The molecule has 0 N–H and O–H groups in total. The summed E-state index contributed by atoms with van der Waals surface area (Å²) < 4.78 is 40.6. The largest absolute Gasteiger partial charge is 0.252 e. The summed E-state index contributed by atoms with van der Waals surface area (Å²) in [7, 11) is 0. The third-order valence-corrected chi connectivity index (χ3v) is 6.23. The standard InChI is InChI=1S/C22H26F2.C9H7F/c1-5-7-18-15-20(21(6-2)22(4,23)24)13-12-19(18)14-17-10-8-16(3)9-11-17;10-9-6-2-4-7-3-1-5-8(7)9/h5,7-13,15,21H,6,14H2,1-4H3;1-4,6H,5H2/b7-5-;. The van der Waals surface area contributed by atoms with Gasteiger partial charge in [-0.25, -0.2) is 13.2 Å². The molecule has 0 amide bonds. The van der Waals surface area contributed by atoms with Crippen molar-refractivity contribution in [2.75, 3.05) is 0 Å². The van der Waals surface area contributed by atoms with Crippen molar-refractivity contribution in [1.29, 1.82) is 0 Å². The van der Waals surface area contributed by atoms with E-state index < -0.39 is 11.8 Å². The van der Waals surface area contributed by atoms with E-state index in [2.05, 4.69) is 31.2 Å². The molecule has 0 nitrogen and oxygen atoms in total. The maximum Gasteiger partial charge on any atom is 0.252 e. The Morgan fingerprint density at radius 1 is 1.03 bits per heavy atom. The predicted octanol–water partition coefficient (Wildman–Crippen LogP) is 9.16. The van der Waals surface area contributed by atoms with Gasteiger partial charge >= 0.3 is 0 Å². The van der Waals surface area contributed by atoms with Crippen molar-refractivity contribution in [1.82, 2.24) is 0 Å². The third-order valence-electron chi connectivity index (χ3n) is 6.23. The average molecular weight is 463 g/mol. The van der Waals surface area contributed by atoms with Crippen LogP contribution in [0.15, 0.2) is 72.8 Å². The minimum atomic E-state index is -2.71. The van der Waals surface area contributed by atoms with Crippen molar-refractivity contribution in [2.45, 2.75) is 58.8 Å². The van der Waals surface area contributed by atoms with Crippen LogP contribution in [0.5, 0.6) is 0 Å². The van der Waals surface area contributed by atoms with Gasteiger partial charge in [0.2, 0.25) is 0 Å². The molecule has 178 valence electrons. The SMILES string of the molecule is C/C=C\c1cc(C(CC)C(C)(F)F)ccc1Cc1ccc(C)cc1.Fc1cccc2c1CC=C2. The maximum atomic E-state index is 13.9. The molecule has 0 aliphatic heterocycles. The molecule has 0 fully saturated rings. The first kappa shape index (κ1) is 25.6. The van der Waals surface area contributed by atoms with E-state index in [0.29, 0.717) is 12.0 Å². The second kappa shape index (κ2) is 11.4. The average Bonchev–Trinajstić information content (AvgIpc) is 3.27. The van der Waals surface area contributed by atoms with Gasteiger partial charge in [-0.2, -0.15) is 0 Å². The van der Waals surface area contributed by atoms with Gasteiger partial charge in [0.15, 0.2) is 0 Å². The second-order valence-electron chi connectivity index (χ2n) is 8.95. The Balaban J connectivity index is 0.000000266. The molecule has 1 aliphatic rings. The molecule has 3 heteroatoms. The zero-order valence-electron chi connectivity index (χ0n) is 20.4. The molecule has 3 aromatic carbocycles. The molecule has 0 saturated carbocycles. The fourth-order valence-electron chi connectivity index (χ4n) is 4.39. The number of halogens is 3. The van der Waals surface area contributed by atoms with Gasteiger partial charge in [0, 0.05) is 5.92 Å². The van der Waals surface area contributed by atoms with Crippen LogP contribution in [0.25, 0.3) is 12.2 Å². The van der Waals surface area contributed by atoms with Gasteiger partial charge in [0.25, 0.3) is 5.92 Å². The summed E-state index contributed by atoms with van der Waals surface area (Å²) in [6, 6.07) is 19.4. The molecule has 1 unspecified atom stereocenters. The summed E-state index contributed by atoms with van der Waals surface area (Å²) in [5.74, 6) is -3.53. The molecule has 0 bridgehead atoms. The lowest BCUT2D eigenvalue weighted by atomic mass is 9.87. The second-order valence-corrected chi connectivity index (χ2v) is 8.95. The van der Waals surface area contributed by atoms with Crippen LogP contribution in [-0.2, 0) is 12.8 Å². The first-order valence-electron chi connectivity index (χ1n) is 11.9. The molecule has 0 aromatic heterocycles. The highest BCUT2D eigenvalue weighted by Crippen LogP contribution is 2.36. The van der Waals surface area contributed by atoms with Crippen molar-refractivity contribution in [3.05, 3.63) is 118 Å². The molecule has 0 heterocycles. The lowest BCUT2D eigenvalue weighted by Gasteiger charge is -2.23. The number of alkyl halides is 2. The maximum absolute atomic E-state index is 13.9. The fourth-order valence-corrected chi connectivity index (χ4v) is 4.39. The van der Waals surface area contributed by atoms with E-state index in [4.69, 9.17) is 0 Å². The number of hydrogen-bond acceptors (Lipinski definition) is 0. The van der Waals surface area contributed by atoms with Crippen LogP contribution in [0.3, 0.4) is 0 Å². The Labute approximate surface area is 201 Å². The van der Waals surface area contributed by atoms with Gasteiger partial charge in [0.1, 0.15) is 5.82 Å². The highest BCUT2D eigenvalue weighted by Gasteiger charge is 2.33. The van der Waals surface area contributed by atoms with E-state index >= 15 is 0 Å². The first-order valence-corrected chi connectivity index (χ1v) is 11.9. The van der Waals surface area contributed by atoms with Crippen LogP contribution >= 0.6 is 0 Å². The van der Waals surface area contributed by atoms with E-state index in [9.17, 15) is 13.2 Å². The van der Waals surface area contributed by atoms with Crippen molar-refractivity contribution in [2.24, 2.45) is 0 Å². The molecule has 0 saturated heterocycles. The smallest absolute Gasteiger partial charge is 0.207 e. The molecule has 4 rings (SSSR count). The van der Waals surface area contributed by atoms with Gasteiger partial charge in [0.05, 0.1) is 0 Å². The summed E-state index contributed by atoms with van der Waals surface area (Å²) >= 11 is 0. The van der Waals surface area contributed by atoms with Crippen molar-refractivity contribution < 1.29 is 13.2 Å². The number of allylic oxidation sites excluding steroid dienone is 2. The monoisotopic (exact) mass is 462 g/mol. The van der Waals surface area contributed by atoms with E-state index in [1.807, 2.05) is 62.4 Å². The van der Waals surface area contributed by atoms with Crippen LogP contribution in [0.4, 0.5) is 13.2 Å². The minimum absolute atomic E-state index is 0.0810. The minimum Gasteiger partial charge on any atom is -0.207 e. The molecule has 0 radical (unpaired) electrons. The van der Waals surface area contributed by atoms with E-state index in [1.165, 1.54) is 17.2 Å². The highest BCUT2D eigenvalue weighted by molar-refractivity contribution is 5.60. The zero-order chi connectivity index (χ0) is 24.7. The van der Waals surface area contributed by atoms with Crippen LogP contribution < -0.4 is 0 Å². The molecule has 1 atom stereocenters. The van der Waals surface area contributed by atoms with Crippen LogP contribution in [-0.4, -0.2) is 5.92 Å². The quantitative estimate of drug-likeness (QED) is 0.342. The molecular weight excluding hydrogens is 429 g/mol. The van der Waals surface area contributed by atoms with Gasteiger partial charge in [-0.1, -0.05) is 91.4 Å². The molecule has 0 spiro atoms. The van der Waals surface area contributed by atoms with Crippen molar-refractivity contribution in [3.8, 4) is 0 Å². The zero-order valence-corrected chi connectivity index (χ0v) is 20.4. The predicted molar refractivity (Wildman–Crippen MR) is 138 cm³/mol.